The van der Waals surface area contributed by atoms with Crippen LogP contribution in [0, 0.1) is 0 Å². The lowest BCUT2D eigenvalue weighted by atomic mass is 10.1. The first kappa shape index (κ1) is 12.0. The molecule has 0 aromatic heterocycles. The van der Waals surface area contributed by atoms with Gasteiger partial charge in [-0.1, -0.05) is 11.2 Å². The lowest BCUT2D eigenvalue weighted by molar-refractivity contribution is -0.140. The molecule has 1 aromatic carbocycles. The fourth-order valence-corrected chi connectivity index (χ4v) is 2.02. The van der Waals surface area contributed by atoms with Crippen molar-refractivity contribution in [3.63, 3.8) is 0 Å². The van der Waals surface area contributed by atoms with Crippen LogP contribution in [0.15, 0.2) is 23.4 Å². The van der Waals surface area contributed by atoms with Gasteiger partial charge in [-0.15, -0.1) is 0 Å². The topological polar surface area (TPSA) is 85.9 Å². The lowest BCUT2D eigenvalue weighted by Crippen LogP contribution is -2.33. The van der Waals surface area contributed by atoms with Gasteiger partial charge in [0.2, 0.25) is 0 Å². The maximum absolute atomic E-state index is 11.0. The van der Waals surface area contributed by atoms with Crippen molar-refractivity contribution >= 4 is 23.1 Å². The normalized spacial score (nSPS) is 21.6. The van der Waals surface area contributed by atoms with E-state index in [0.717, 1.165) is 30.8 Å². The second kappa shape index (κ2) is 4.89. The van der Waals surface area contributed by atoms with Crippen molar-refractivity contribution in [2.45, 2.75) is 18.9 Å². The van der Waals surface area contributed by atoms with Crippen molar-refractivity contribution in [3.8, 4) is 0 Å². The number of hydrogen-bond acceptors (Lipinski definition) is 6. The summed E-state index contributed by atoms with van der Waals surface area (Å²) >= 11 is 0. The lowest BCUT2D eigenvalue weighted by Gasteiger charge is -2.27. The van der Waals surface area contributed by atoms with Gasteiger partial charge in [0.25, 0.3) is 0 Å². The number of oxime groups is 1. The van der Waals surface area contributed by atoms with Crippen molar-refractivity contribution < 1.29 is 14.4 Å². The van der Waals surface area contributed by atoms with Gasteiger partial charge < -0.3 is 20.6 Å². The highest BCUT2D eigenvalue weighted by atomic mass is 16.7. The fourth-order valence-electron chi connectivity index (χ4n) is 2.02. The molecule has 2 heterocycles. The fraction of sp³-hybridized carbons (Fsp3) is 0.385. The molecule has 3 N–H and O–H groups in total. The van der Waals surface area contributed by atoms with E-state index in [0.29, 0.717) is 11.4 Å². The van der Waals surface area contributed by atoms with Crippen molar-refractivity contribution in [2.24, 2.45) is 5.16 Å². The third-order valence-electron chi connectivity index (χ3n) is 3.27. The molecule has 1 saturated heterocycles. The monoisotopic (exact) mass is 261 g/mol. The van der Waals surface area contributed by atoms with Crippen LogP contribution in [0.4, 0.5) is 11.4 Å². The standard InChI is InChI=1S/C13H15N3O3/c14-10-2-1-8(11-6-13(17)19-16-11)5-12(10)15-7-9-3-4-18-9/h1-2,5,9,15H,3-4,6-7,14H2/t9-/m0/s1. The van der Waals surface area contributed by atoms with Crippen molar-refractivity contribution in [1.82, 2.24) is 0 Å². The molecule has 100 valence electrons. The summed E-state index contributed by atoms with van der Waals surface area (Å²) in [5.41, 5.74) is 8.89. The first-order chi connectivity index (χ1) is 9.22. The van der Waals surface area contributed by atoms with E-state index in [1.165, 1.54) is 0 Å². The Hall–Kier alpha value is -2.08. The summed E-state index contributed by atoms with van der Waals surface area (Å²) < 4.78 is 5.34. The Balaban J connectivity index is 1.73. The van der Waals surface area contributed by atoms with E-state index in [2.05, 4.69) is 15.3 Å². The van der Waals surface area contributed by atoms with Gasteiger partial charge in [0.1, 0.15) is 0 Å². The van der Waals surface area contributed by atoms with Gasteiger partial charge in [0.15, 0.2) is 0 Å². The van der Waals surface area contributed by atoms with Gasteiger partial charge >= 0.3 is 5.97 Å². The van der Waals surface area contributed by atoms with Gasteiger partial charge in [-0.05, 0) is 18.6 Å². The Labute approximate surface area is 110 Å². The molecule has 0 saturated carbocycles. The predicted molar refractivity (Wildman–Crippen MR) is 70.9 cm³/mol. The maximum atomic E-state index is 11.0. The molecule has 0 radical (unpaired) electrons. The second-order valence-corrected chi connectivity index (χ2v) is 4.64. The predicted octanol–water partition coefficient (Wildman–Crippen LogP) is 1.12. The number of benzene rings is 1. The van der Waals surface area contributed by atoms with Crippen LogP contribution < -0.4 is 11.1 Å². The SMILES string of the molecule is Nc1ccc(C2=NOC(=O)C2)cc1NC[C@@H]1CCO1. The summed E-state index contributed by atoms with van der Waals surface area (Å²) in [7, 11) is 0. The third kappa shape index (κ3) is 2.53. The molecule has 2 aliphatic rings. The molecule has 0 unspecified atom stereocenters. The molecule has 2 aliphatic heterocycles. The summed E-state index contributed by atoms with van der Waals surface area (Å²) in [6, 6.07) is 5.51. The molecule has 1 atom stereocenters. The van der Waals surface area contributed by atoms with E-state index in [-0.39, 0.29) is 18.5 Å². The number of carbonyl (C=O) groups excluding carboxylic acids is 1. The largest absolute Gasteiger partial charge is 0.397 e. The minimum Gasteiger partial charge on any atom is -0.397 e. The van der Waals surface area contributed by atoms with Gasteiger partial charge in [0.05, 0.1) is 29.6 Å². The highest BCUT2D eigenvalue weighted by Crippen LogP contribution is 2.23. The zero-order valence-electron chi connectivity index (χ0n) is 10.4. The number of nitrogens with zero attached hydrogens (tertiary/aromatic N) is 1. The Morgan fingerprint density at radius 1 is 1.47 bits per heavy atom. The molecular formula is C13H15N3O3. The number of anilines is 2. The Morgan fingerprint density at radius 3 is 2.95 bits per heavy atom. The van der Waals surface area contributed by atoms with Crippen LogP contribution >= 0.6 is 0 Å². The Bertz CT molecular complexity index is 538. The first-order valence-corrected chi connectivity index (χ1v) is 6.24. The van der Waals surface area contributed by atoms with Crippen LogP contribution in [0.2, 0.25) is 0 Å². The maximum Gasteiger partial charge on any atom is 0.341 e. The third-order valence-corrected chi connectivity index (χ3v) is 3.27. The minimum absolute atomic E-state index is 0.203. The van der Waals surface area contributed by atoms with E-state index in [4.69, 9.17) is 10.5 Å². The van der Waals surface area contributed by atoms with Crippen LogP contribution in [0.25, 0.3) is 0 Å². The second-order valence-electron chi connectivity index (χ2n) is 4.64. The van der Waals surface area contributed by atoms with Crippen LogP contribution in [-0.2, 0) is 14.4 Å². The van der Waals surface area contributed by atoms with Gasteiger partial charge in [-0.2, -0.15) is 0 Å². The summed E-state index contributed by atoms with van der Waals surface area (Å²) in [6.07, 6.45) is 1.54. The quantitative estimate of drug-likeness (QED) is 0.626. The molecule has 3 rings (SSSR count). The minimum atomic E-state index is -0.329. The van der Waals surface area contributed by atoms with Crippen molar-refractivity contribution in [3.05, 3.63) is 23.8 Å². The Morgan fingerprint density at radius 2 is 2.32 bits per heavy atom. The van der Waals surface area contributed by atoms with Crippen LogP contribution in [0.1, 0.15) is 18.4 Å². The average molecular weight is 261 g/mol. The molecule has 6 heteroatoms. The molecule has 19 heavy (non-hydrogen) atoms. The van der Waals surface area contributed by atoms with E-state index in [1.54, 1.807) is 6.07 Å². The van der Waals surface area contributed by atoms with E-state index in [1.807, 2.05) is 12.1 Å². The molecule has 0 amide bonds. The molecule has 1 aromatic rings. The van der Waals surface area contributed by atoms with Crippen molar-refractivity contribution in [2.75, 3.05) is 24.2 Å². The summed E-state index contributed by atoms with van der Waals surface area (Å²) in [5.74, 6) is -0.329. The summed E-state index contributed by atoms with van der Waals surface area (Å²) in [4.78, 5) is 15.6. The summed E-state index contributed by atoms with van der Waals surface area (Å²) in [6.45, 7) is 1.56. The molecule has 0 aliphatic carbocycles. The number of hydrogen-bond donors (Lipinski definition) is 2. The average Bonchev–Trinajstić information content (AvgIpc) is 2.76. The number of nitrogen functional groups attached to an aromatic ring is 1. The number of rotatable bonds is 4. The number of nitrogens with one attached hydrogen (secondary N) is 1. The molecule has 0 bridgehead atoms. The number of carbonyl (C=O) groups is 1. The van der Waals surface area contributed by atoms with Gasteiger partial charge in [0, 0.05) is 18.7 Å². The molecule has 6 nitrogen and oxygen atoms in total. The van der Waals surface area contributed by atoms with Crippen LogP contribution in [0.3, 0.4) is 0 Å². The molecule has 1 fully saturated rings. The van der Waals surface area contributed by atoms with E-state index >= 15 is 0 Å². The van der Waals surface area contributed by atoms with Crippen LogP contribution in [0.5, 0.6) is 0 Å². The molecule has 0 spiro atoms. The highest BCUT2D eigenvalue weighted by molar-refractivity contribution is 6.12. The van der Waals surface area contributed by atoms with Gasteiger partial charge in [-0.25, -0.2) is 4.79 Å². The number of nitrogens with two attached hydrogens (primary N) is 1. The Kier molecular flexibility index (Phi) is 3.08. The van der Waals surface area contributed by atoms with Gasteiger partial charge in [-0.3, -0.25) is 0 Å². The number of ether oxygens (including phenoxy) is 1. The zero-order valence-corrected chi connectivity index (χ0v) is 10.4. The first-order valence-electron chi connectivity index (χ1n) is 6.24. The smallest absolute Gasteiger partial charge is 0.341 e. The van der Waals surface area contributed by atoms with Crippen LogP contribution in [-0.4, -0.2) is 30.9 Å². The van der Waals surface area contributed by atoms with E-state index < -0.39 is 0 Å². The zero-order chi connectivity index (χ0) is 13.2. The highest BCUT2D eigenvalue weighted by Gasteiger charge is 2.21. The summed E-state index contributed by atoms with van der Waals surface area (Å²) in [5, 5.41) is 7.01. The van der Waals surface area contributed by atoms with E-state index in [9.17, 15) is 4.79 Å². The van der Waals surface area contributed by atoms with Crippen molar-refractivity contribution in [1.29, 1.82) is 0 Å². The molecular weight excluding hydrogens is 246 g/mol.